The number of hydrogen-bond acceptors (Lipinski definition) is 3. The fourth-order valence-electron chi connectivity index (χ4n) is 4.88. The molecular formula is C19H15NO3. The molecule has 2 aromatic carbocycles. The number of imide groups is 1. The molecule has 114 valence electrons. The van der Waals surface area contributed by atoms with Gasteiger partial charge in [0.1, 0.15) is 6.73 Å². The Labute approximate surface area is 133 Å². The normalized spacial score (nSPS) is 30.2. The van der Waals surface area contributed by atoms with Crippen molar-refractivity contribution in [2.45, 2.75) is 11.8 Å². The summed E-state index contributed by atoms with van der Waals surface area (Å²) < 4.78 is 0. The van der Waals surface area contributed by atoms with E-state index in [1.54, 1.807) is 0 Å². The van der Waals surface area contributed by atoms with Gasteiger partial charge < -0.3 is 5.11 Å². The van der Waals surface area contributed by atoms with Gasteiger partial charge in [-0.2, -0.15) is 0 Å². The maximum atomic E-state index is 12.7. The Morgan fingerprint density at radius 2 is 1.09 bits per heavy atom. The van der Waals surface area contributed by atoms with Crippen LogP contribution in [0.2, 0.25) is 0 Å². The third kappa shape index (κ3) is 1.40. The van der Waals surface area contributed by atoms with Crippen molar-refractivity contribution in [3.63, 3.8) is 0 Å². The lowest BCUT2D eigenvalue weighted by molar-refractivity contribution is -0.144. The molecule has 0 saturated carbocycles. The summed E-state index contributed by atoms with van der Waals surface area (Å²) in [6.45, 7) is -0.531. The second kappa shape index (κ2) is 4.30. The third-order valence-electron chi connectivity index (χ3n) is 5.68. The van der Waals surface area contributed by atoms with Crippen LogP contribution in [0.25, 0.3) is 0 Å². The molecule has 2 atom stereocenters. The van der Waals surface area contributed by atoms with Crippen molar-refractivity contribution in [1.29, 1.82) is 0 Å². The highest BCUT2D eigenvalue weighted by molar-refractivity contribution is 6.07. The first kappa shape index (κ1) is 13.0. The van der Waals surface area contributed by atoms with Crippen LogP contribution in [-0.2, 0) is 9.59 Å². The second-order valence-electron chi connectivity index (χ2n) is 6.51. The molecule has 1 heterocycles. The van der Waals surface area contributed by atoms with Crippen LogP contribution < -0.4 is 0 Å². The predicted molar refractivity (Wildman–Crippen MR) is 82.5 cm³/mol. The van der Waals surface area contributed by atoms with Crippen LogP contribution in [0.3, 0.4) is 0 Å². The SMILES string of the molecule is O=C1[C@H]2C3c4ccccc4C(c4ccccc43)[C@@H]2C(=O)N1CO. The first-order chi connectivity index (χ1) is 11.2. The number of amides is 2. The Bertz CT molecular complexity index is 744. The van der Waals surface area contributed by atoms with Crippen molar-refractivity contribution < 1.29 is 14.7 Å². The topological polar surface area (TPSA) is 57.6 Å². The minimum absolute atomic E-state index is 0.0922. The molecule has 0 unspecified atom stereocenters. The summed E-state index contributed by atoms with van der Waals surface area (Å²) in [4.78, 5) is 26.5. The number of likely N-dealkylation sites (tertiary alicyclic amines) is 1. The standard InChI is InChI=1S/C19H15NO3/c21-9-20-18(22)16-14-10-5-1-2-6-11(10)15(17(16)19(20)23)13-8-4-3-7-12(13)14/h1-8,14-17,21H,9H2/t14?,15?,16-,17-/m0/s1. The van der Waals surface area contributed by atoms with Gasteiger partial charge >= 0.3 is 0 Å². The van der Waals surface area contributed by atoms with E-state index < -0.39 is 6.73 Å². The molecular weight excluding hydrogens is 290 g/mol. The van der Waals surface area contributed by atoms with Crippen LogP contribution >= 0.6 is 0 Å². The van der Waals surface area contributed by atoms with Crippen LogP contribution in [0.15, 0.2) is 48.5 Å². The van der Waals surface area contributed by atoms with Gasteiger partial charge in [0.05, 0.1) is 11.8 Å². The van der Waals surface area contributed by atoms with Gasteiger partial charge in [0.2, 0.25) is 11.8 Å². The van der Waals surface area contributed by atoms with Gasteiger partial charge in [0.25, 0.3) is 0 Å². The smallest absolute Gasteiger partial charge is 0.235 e. The highest BCUT2D eigenvalue weighted by Crippen LogP contribution is 2.60. The molecule has 6 rings (SSSR count). The molecule has 0 radical (unpaired) electrons. The van der Waals surface area contributed by atoms with Crippen molar-refractivity contribution in [3.8, 4) is 0 Å². The summed E-state index contributed by atoms with van der Waals surface area (Å²) in [5.74, 6) is -1.42. The Morgan fingerprint density at radius 1 is 0.739 bits per heavy atom. The van der Waals surface area contributed by atoms with Crippen LogP contribution in [0.5, 0.6) is 0 Å². The molecule has 3 aliphatic carbocycles. The number of aliphatic hydroxyl groups is 1. The zero-order valence-corrected chi connectivity index (χ0v) is 12.3. The van der Waals surface area contributed by atoms with Crippen molar-refractivity contribution in [2.24, 2.45) is 11.8 Å². The molecule has 1 N–H and O–H groups in total. The summed E-state index contributed by atoms with van der Waals surface area (Å²) >= 11 is 0. The second-order valence-corrected chi connectivity index (χ2v) is 6.51. The van der Waals surface area contributed by atoms with E-state index >= 15 is 0 Å². The lowest BCUT2D eigenvalue weighted by Gasteiger charge is -2.45. The van der Waals surface area contributed by atoms with E-state index in [-0.39, 0.29) is 35.5 Å². The molecule has 1 aliphatic heterocycles. The summed E-state index contributed by atoms with van der Waals surface area (Å²) in [7, 11) is 0. The Hall–Kier alpha value is -2.46. The van der Waals surface area contributed by atoms with E-state index in [9.17, 15) is 14.7 Å². The number of benzene rings is 2. The average molecular weight is 305 g/mol. The van der Waals surface area contributed by atoms with E-state index in [2.05, 4.69) is 24.3 Å². The molecule has 0 aromatic heterocycles. The minimum atomic E-state index is -0.531. The molecule has 0 spiro atoms. The van der Waals surface area contributed by atoms with Gasteiger partial charge in [0.15, 0.2) is 0 Å². The quantitative estimate of drug-likeness (QED) is 0.818. The largest absolute Gasteiger partial charge is 0.376 e. The predicted octanol–water partition coefficient (Wildman–Crippen LogP) is 1.83. The monoisotopic (exact) mass is 305 g/mol. The van der Waals surface area contributed by atoms with E-state index in [0.29, 0.717) is 0 Å². The molecule has 1 saturated heterocycles. The maximum Gasteiger partial charge on any atom is 0.235 e. The third-order valence-corrected chi connectivity index (χ3v) is 5.68. The summed E-state index contributed by atoms with van der Waals surface area (Å²) in [5.41, 5.74) is 4.61. The first-order valence-corrected chi connectivity index (χ1v) is 7.87. The Balaban J connectivity index is 1.82. The van der Waals surface area contributed by atoms with Gasteiger partial charge in [-0.15, -0.1) is 0 Å². The first-order valence-electron chi connectivity index (χ1n) is 7.87. The summed E-state index contributed by atoms with van der Waals surface area (Å²) in [6, 6.07) is 16.2. The van der Waals surface area contributed by atoms with Gasteiger partial charge in [-0.25, -0.2) is 0 Å². The highest BCUT2D eigenvalue weighted by atomic mass is 16.3. The number of aliphatic hydroxyl groups excluding tert-OH is 1. The number of rotatable bonds is 1. The molecule has 4 aliphatic rings. The summed E-state index contributed by atoms with van der Waals surface area (Å²) in [5, 5.41) is 9.46. The lowest BCUT2D eigenvalue weighted by atomic mass is 9.55. The molecule has 23 heavy (non-hydrogen) atoms. The Kier molecular flexibility index (Phi) is 2.43. The average Bonchev–Trinajstić information content (AvgIpc) is 2.86. The van der Waals surface area contributed by atoms with E-state index in [1.165, 1.54) is 0 Å². The zero-order valence-electron chi connectivity index (χ0n) is 12.3. The van der Waals surface area contributed by atoms with Crippen molar-refractivity contribution in [2.75, 3.05) is 6.73 Å². The maximum absolute atomic E-state index is 12.7. The van der Waals surface area contributed by atoms with Gasteiger partial charge in [-0.05, 0) is 22.3 Å². The molecule has 2 amide bonds. The lowest BCUT2D eigenvalue weighted by Crippen LogP contribution is -2.41. The van der Waals surface area contributed by atoms with Gasteiger partial charge in [-0.3, -0.25) is 14.5 Å². The number of carbonyl (C=O) groups excluding carboxylic acids is 2. The van der Waals surface area contributed by atoms with E-state index in [0.717, 1.165) is 27.2 Å². The van der Waals surface area contributed by atoms with Crippen LogP contribution in [-0.4, -0.2) is 28.6 Å². The fourth-order valence-corrected chi connectivity index (χ4v) is 4.88. The molecule has 2 aromatic rings. The van der Waals surface area contributed by atoms with E-state index in [1.807, 2.05) is 24.3 Å². The molecule has 1 fully saturated rings. The van der Waals surface area contributed by atoms with Gasteiger partial charge in [-0.1, -0.05) is 48.5 Å². The van der Waals surface area contributed by atoms with Crippen LogP contribution in [0.4, 0.5) is 0 Å². The molecule has 2 bridgehead atoms. The van der Waals surface area contributed by atoms with E-state index in [4.69, 9.17) is 0 Å². The van der Waals surface area contributed by atoms with Crippen molar-refractivity contribution >= 4 is 11.8 Å². The Morgan fingerprint density at radius 3 is 1.39 bits per heavy atom. The fraction of sp³-hybridized carbons (Fsp3) is 0.263. The number of nitrogens with zero attached hydrogens (tertiary/aromatic N) is 1. The zero-order chi connectivity index (χ0) is 15.7. The van der Waals surface area contributed by atoms with Crippen LogP contribution in [0.1, 0.15) is 34.1 Å². The molecule has 4 nitrogen and oxygen atoms in total. The number of carbonyl (C=O) groups is 2. The van der Waals surface area contributed by atoms with Gasteiger partial charge in [0, 0.05) is 11.8 Å². The highest BCUT2D eigenvalue weighted by Gasteiger charge is 2.61. The van der Waals surface area contributed by atoms with Crippen molar-refractivity contribution in [3.05, 3.63) is 70.8 Å². The summed E-state index contributed by atoms with van der Waals surface area (Å²) in [6.07, 6.45) is 0. The minimum Gasteiger partial charge on any atom is -0.376 e. The molecule has 4 heteroatoms. The number of hydrogen-bond donors (Lipinski definition) is 1. The van der Waals surface area contributed by atoms with Crippen molar-refractivity contribution in [1.82, 2.24) is 4.90 Å². The van der Waals surface area contributed by atoms with Crippen LogP contribution in [0, 0.1) is 11.8 Å².